The number of aliphatic hydroxyl groups is 1. The van der Waals surface area contributed by atoms with Crippen LogP contribution in [0, 0.1) is 0 Å². The van der Waals surface area contributed by atoms with Gasteiger partial charge in [0.25, 0.3) is 0 Å². The lowest BCUT2D eigenvalue weighted by atomic mass is 9.93. The molecule has 0 spiro atoms. The van der Waals surface area contributed by atoms with Crippen LogP contribution in [0.3, 0.4) is 0 Å². The molecule has 6 heteroatoms. The lowest BCUT2D eigenvalue weighted by molar-refractivity contribution is 0.0354. The largest absolute Gasteiger partial charge is 0.388 e. The zero-order chi connectivity index (χ0) is 15.4. The Kier molecular flexibility index (Phi) is 5.16. The van der Waals surface area contributed by atoms with Crippen LogP contribution in [0.5, 0.6) is 0 Å². The molecule has 0 aliphatic carbocycles. The summed E-state index contributed by atoms with van der Waals surface area (Å²) >= 11 is 0. The van der Waals surface area contributed by atoms with E-state index in [9.17, 15) is 9.90 Å². The Bertz CT molecular complexity index is 445. The molecular formula is C14H25N3O3. The van der Waals surface area contributed by atoms with Gasteiger partial charge >= 0.3 is 6.03 Å². The van der Waals surface area contributed by atoms with Gasteiger partial charge in [-0.1, -0.05) is 39.8 Å². The topological polar surface area (TPSA) is 87.4 Å². The van der Waals surface area contributed by atoms with Crippen LogP contribution in [-0.4, -0.2) is 28.4 Å². The summed E-state index contributed by atoms with van der Waals surface area (Å²) in [4.78, 5) is 11.7. The van der Waals surface area contributed by atoms with Gasteiger partial charge in [-0.25, -0.2) is 4.79 Å². The second-order valence-corrected chi connectivity index (χ2v) is 6.07. The van der Waals surface area contributed by atoms with Crippen LogP contribution in [-0.2, 0) is 5.41 Å². The van der Waals surface area contributed by atoms with Crippen LogP contribution in [0.25, 0.3) is 0 Å². The monoisotopic (exact) mass is 283 g/mol. The minimum absolute atomic E-state index is 0.159. The van der Waals surface area contributed by atoms with Gasteiger partial charge in [-0.15, -0.1) is 0 Å². The van der Waals surface area contributed by atoms with Crippen molar-refractivity contribution < 1.29 is 14.4 Å². The lowest BCUT2D eigenvalue weighted by Gasteiger charge is -2.25. The summed E-state index contributed by atoms with van der Waals surface area (Å²) in [6, 6.07) is 1.30. The highest BCUT2D eigenvalue weighted by Gasteiger charge is 2.23. The molecule has 1 rings (SSSR count). The maximum atomic E-state index is 11.7. The van der Waals surface area contributed by atoms with Crippen LogP contribution in [0.15, 0.2) is 10.6 Å². The summed E-state index contributed by atoms with van der Waals surface area (Å²) < 4.78 is 5.18. The molecule has 1 aromatic heterocycles. The molecule has 0 unspecified atom stereocenters. The average molecular weight is 283 g/mol. The molecule has 114 valence electrons. The van der Waals surface area contributed by atoms with E-state index in [4.69, 9.17) is 4.52 Å². The summed E-state index contributed by atoms with van der Waals surface area (Å²) in [6.07, 6.45) is 1.17. The molecule has 0 aliphatic heterocycles. The predicted molar refractivity (Wildman–Crippen MR) is 77.8 cm³/mol. The lowest BCUT2D eigenvalue weighted by Crippen LogP contribution is -2.43. The first-order valence-electron chi connectivity index (χ1n) is 6.94. The number of carbonyl (C=O) groups is 1. The van der Waals surface area contributed by atoms with Gasteiger partial charge in [0.1, 0.15) is 5.76 Å². The Balaban J connectivity index is 2.53. The zero-order valence-electron chi connectivity index (χ0n) is 12.9. The normalized spacial score (nSPS) is 12.3. The van der Waals surface area contributed by atoms with Crippen molar-refractivity contribution in [1.29, 1.82) is 0 Å². The van der Waals surface area contributed by atoms with E-state index in [-0.39, 0.29) is 12.0 Å². The first-order valence-corrected chi connectivity index (χ1v) is 6.94. The summed E-state index contributed by atoms with van der Waals surface area (Å²) in [5, 5.41) is 19.1. The van der Waals surface area contributed by atoms with E-state index < -0.39 is 11.6 Å². The molecule has 0 bridgehead atoms. The first kappa shape index (κ1) is 16.5. The van der Waals surface area contributed by atoms with Gasteiger partial charge in [-0.3, -0.25) is 5.32 Å². The van der Waals surface area contributed by atoms with Crippen molar-refractivity contribution in [2.45, 2.75) is 58.5 Å². The number of carbonyl (C=O) groups excluding carboxylic acids is 1. The summed E-state index contributed by atoms with van der Waals surface area (Å²) in [5.41, 5.74) is -1.02. The van der Waals surface area contributed by atoms with E-state index in [1.807, 2.05) is 34.6 Å². The van der Waals surface area contributed by atoms with Crippen molar-refractivity contribution in [3.63, 3.8) is 0 Å². The number of amides is 2. The maximum Gasteiger partial charge on any atom is 0.320 e. The van der Waals surface area contributed by atoms with Gasteiger partial charge in [0.15, 0.2) is 5.82 Å². The second-order valence-electron chi connectivity index (χ2n) is 6.07. The number of hydrogen-bond acceptors (Lipinski definition) is 4. The van der Waals surface area contributed by atoms with Crippen molar-refractivity contribution in [2.24, 2.45) is 0 Å². The van der Waals surface area contributed by atoms with Crippen LogP contribution < -0.4 is 10.6 Å². The highest BCUT2D eigenvalue weighted by molar-refractivity contribution is 5.88. The third-order valence-electron chi connectivity index (χ3n) is 3.39. The minimum Gasteiger partial charge on any atom is -0.388 e. The Morgan fingerprint density at radius 3 is 2.40 bits per heavy atom. The molecule has 6 nitrogen and oxygen atoms in total. The first-order chi connectivity index (χ1) is 9.20. The number of hydrogen-bond donors (Lipinski definition) is 3. The molecule has 0 radical (unpaired) electrons. The fourth-order valence-corrected chi connectivity index (χ4v) is 1.59. The van der Waals surface area contributed by atoms with Gasteiger partial charge in [0.05, 0.1) is 5.60 Å². The van der Waals surface area contributed by atoms with Crippen molar-refractivity contribution >= 4 is 11.8 Å². The summed E-state index contributed by atoms with van der Waals surface area (Å²) in [7, 11) is 0. The minimum atomic E-state index is -0.863. The molecule has 0 atom stereocenters. The Morgan fingerprint density at radius 1 is 1.35 bits per heavy atom. The number of rotatable bonds is 5. The summed E-state index contributed by atoms with van der Waals surface area (Å²) in [6.45, 7) is 9.97. The Hall–Kier alpha value is -1.56. The van der Waals surface area contributed by atoms with Gasteiger partial charge in [0.2, 0.25) is 0 Å². The maximum absolute atomic E-state index is 11.7. The molecule has 0 saturated carbocycles. The smallest absolute Gasteiger partial charge is 0.320 e. The molecule has 1 aromatic rings. The fourth-order valence-electron chi connectivity index (χ4n) is 1.59. The number of nitrogens with zero attached hydrogens (tertiary/aromatic N) is 1. The van der Waals surface area contributed by atoms with Gasteiger partial charge in [0, 0.05) is 18.0 Å². The number of aromatic nitrogens is 1. The SMILES string of the molecule is CCC(O)(CC)CNC(=O)Nc1cc(C(C)(C)C)on1. The van der Waals surface area contributed by atoms with Crippen LogP contribution in [0.2, 0.25) is 0 Å². The van der Waals surface area contributed by atoms with Crippen molar-refractivity contribution in [2.75, 3.05) is 11.9 Å². The standard InChI is InChI=1S/C14H25N3O3/c1-6-14(19,7-2)9-15-12(18)16-11-8-10(20-17-11)13(3,4)5/h8,19H,6-7,9H2,1-5H3,(H2,15,16,17,18). The highest BCUT2D eigenvalue weighted by atomic mass is 16.5. The Labute approximate surface area is 119 Å². The van der Waals surface area contributed by atoms with E-state index in [1.165, 1.54) is 0 Å². The summed E-state index contributed by atoms with van der Waals surface area (Å²) in [5.74, 6) is 1.07. The fraction of sp³-hybridized carbons (Fsp3) is 0.714. The molecule has 2 amide bonds. The van der Waals surface area contributed by atoms with Crippen molar-refractivity contribution in [3.05, 3.63) is 11.8 Å². The highest BCUT2D eigenvalue weighted by Crippen LogP contribution is 2.24. The van der Waals surface area contributed by atoms with Gasteiger partial charge < -0.3 is 14.9 Å². The molecule has 0 fully saturated rings. The van der Waals surface area contributed by atoms with Crippen LogP contribution in [0.1, 0.15) is 53.2 Å². The van der Waals surface area contributed by atoms with Gasteiger partial charge in [-0.05, 0) is 12.8 Å². The molecule has 0 aliphatic rings. The number of anilines is 1. The third kappa shape index (κ3) is 4.52. The molecule has 3 N–H and O–H groups in total. The number of nitrogens with one attached hydrogen (secondary N) is 2. The third-order valence-corrected chi connectivity index (χ3v) is 3.39. The van der Waals surface area contributed by atoms with E-state index in [0.29, 0.717) is 24.4 Å². The van der Waals surface area contributed by atoms with Crippen LogP contribution in [0.4, 0.5) is 10.6 Å². The van der Waals surface area contributed by atoms with E-state index in [1.54, 1.807) is 6.07 Å². The molecule has 1 heterocycles. The second kappa shape index (κ2) is 6.26. The van der Waals surface area contributed by atoms with Crippen molar-refractivity contribution in [1.82, 2.24) is 10.5 Å². The van der Waals surface area contributed by atoms with Crippen molar-refractivity contribution in [3.8, 4) is 0 Å². The molecular weight excluding hydrogens is 258 g/mol. The zero-order valence-corrected chi connectivity index (χ0v) is 12.9. The number of urea groups is 1. The van der Waals surface area contributed by atoms with E-state index >= 15 is 0 Å². The van der Waals surface area contributed by atoms with Crippen LogP contribution >= 0.6 is 0 Å². The molecule has 0 saturated heterocycles. The Morgan fingerprint density at radius 2 is 1.95 bits per heavy atom. The quantitative estimate of drug-likeness (QED) is 0.775. The van der Waals surface area contributed by atoms with E-state index in [0.717, 1.165) is 0 Å². The van der Waals surface area contributed by atoms with E-state index in [2.05, 4.69) is 15.8 Å². The average Bonchev–Trinajstić information content (AvgIpc) is 2.84. The molecule has 0 aromatic carbocycles. The molecule has 20 heavy (non-hydrogen) atoms. The predicted octanol–water partition coefficient (Wildman–Crippen LogP) is 2.64. The van der Waals surface area contributed by atoms with Gasteiger partial charge in [-0.2, -0.15) is 0 Å².